The van der Waals surface area contributed by atoms with Crippen LogP contribution >= 0.6 is 11.8 Å². The van der Waals surface area contributed by atoms with Gasteiger partial charge < -0.3 is 15.4 Å². The Balaban J connectivity index is 2.13. The van der Waals surface area contributed by atoms with Gasteiger partial charge >= 0.3 is 5.97 Å². The van der Waals surface area contributed by atoms with Gasteiger partial charge in [0.15, 0.2) is 0 Å². The summed E-state index contributed by atoms with van der Waals surface area (Å²) < 4.78 is 4.77. The fourth-order valence-corrected chi connectivity index (χ4v) is 3.18. The van der Waals surface area contributed by atoms with Crippen LogP contribution in [0.3, 0.4) is 0 Å². The molecule has 0 bridgehead atoms. The summed E-state index contributed by atoms with van der Waals surface area (Å²) in [6.07, 6.45) is 3.73. The molecule has 0 aliphatic carbocycles. The maximum Gasteiger partial charge on any atom is 0.328 e. The lowest BCUT2D eigenvalue weighted by atomic mass is 10.0. The summed E-state index contributed by atoms with van der Waals surface area (Å²) in [5.74, 6) is -0.979. The molecule has 156 valence electrons. The predicted molar refractivity (Wildman–Crippen MR) is 113 cm³/mol. The van der Waals surface area contributed by atoms with Gasteiger partial charge in [-0.3, -0.25) is 14.6 Å². The summed E-state index contributed by atoms with van der Waals surface area (Å²) in [5, 5.41) is 5.40. The van der Waals surface area contributed by atoms with Gasteiger partial charge in [0.1, 0.15) is 17.8 Å². The number of hydrogen-bond donors (Lipinski definition) is 2. The van der Waals surface area contributed by atoms with Gasteiger partial charge in [-0.2, -0.15) is 11.8 Å². The maximum absolute atomic E-state index is 12.8. The topological polar surface area (TPSA) is 110 Å². The molecule has 1 heterocycles. The van der Waals surface area contributed by atoms with Crippen LogP contribution in [-0.2, 0) is 14.3 Å². The molecule has 29 heavy (non-hydrogen) atoms. The number of carbonyl (C=O) groups is 3. The van der Waals surface area contributed by atoms with E-state index >= 15 is 0 Å². The second-order valence-electron chi connectivity index (χ2n) is 6.80. The van der Waals surface area contributed by atoms with Crippen LogP contribution in [0.25, 0.3) is 11.0 Å². The molecule has 2 atom stereocenters. The molecule has 0 saturated heterocycles. The summed E-state index contributed by atoms with van der Waals surface area (Å²) in [4.78, 5) is 45.9. The van der Waals surface area contributed by atoms with E-state index in [2.05, 4.69) is 20.6 Å². The normalized spacial score (nSPS) is 13.0. The largest absolute Gasteiger partial charge is 0.467 e. The van der Waals surface area contributed by atoms with E-state index in [-0.39, 0.29) is 11.6 Å². The van der Waals surface area contributed by atoms with Crippen molar-refractivity contribution in [3.05, 3.63) is 36.2 Å². The molecule has 0 saturated carbocycles. The van der Waals surface area contributed by atoms with Gasteiger partial charge in [0.25, 0.3) is 5.91 Å². The quantitative estimate of drug-likeness (QED) is 0.598. The van der Waals surface area contributed by atoms with Crippen LogP contribution in [0.1, 0.15) is 30.8 Å². The van der Waals surface area contributed by atoms with E-state index in [1.165, 1.54) is 13.3 Å². The number of methoxy groups -OCH3 is 1. The Bertz CT molecular complexity index is 874. The van der Waals surface area contributed by atoms with Crippen molar-refractivity contribution in [3.63, 3.8) is 0 Å². The van der Waals surface area contributed by atoms with Gasteiger partial charge in [-0.1, -0.05) is 26.0 Å². The summed E-state index contributed by atoms with van der Waals surface area (Å²) in [7, 11) is 1.28. The zero-order valence-electron chi connectivity index (χ0n) is 17.0. The number of carbonyl (C=O) groups excluding carboxylic acids is 3. The first kappa shape index (κ1) is 22.6. The Morgan fingerprint density at radius 2 is 1.83 bits per heavy atom. The third-order valence-corrected chi connectivity index (χ3v) is 4.97. The van der Waals surface area contributed by atoms with Crippen LogP contribution in [-0.4, -0.2) is 59.0 Å². The van der Waals surface area contributed by atoms with Crippen LogP contribution in [0.4, 0.5) is 0 Å². The first-order valence-corrected chi connectivity index (χ1v) is 10.7. The number of fused-ring (bicyclic) bond motifs is 1. The van der Waals surface area contributed by atoms with E-state index < -0.39 is 29.9 Å². The first-order valence-electron chi connectivity index (χ1n) is 9.27. The highest BCUT2D eigenvalue weighted by Crippen LogP contribution is 2.10. The average molecular weight is 419 g/mol. The number of benzene rings is 1. The Kier molecular flexibility index (Phi) is 8.38. The Labute approximate surface area is 174 Å². The highest BCUT2D eigenvalue weighted by molar-refractivity contribution is 7.98. The number of esters is 1. The number of nitrogens with one attached hydrogen (secondary N) is 2. The number of thioether (sulfide) groups is 1. The third kappa shape index (κ3) is 6.15. The molecule has 0 unspecified atom stereocenters. The van der Waals surface area contributed by atoms with Crippen molar-refractivity contribution < 1.29 is 19.1 Å². The minimum atomic E-state index is -0.836. The number of nitrogens with zero attached hydrogens (tertiary/aromatic N) is 2. The highest BCUT2D eigenvalue weighted by atomic mass is 32.2. The highest BCUT2D eigenvalue weighted by Gasteiger charge is 2.29. The molecule has 0 spiro atoms. The smallest absolute Gasteiger partial charge is 0.328 e. The fourth-order valence-electron chi connectivity index (χ4n) is 2.71. The predicted octanol–water partition coefficient (Wildman–Crippen LogP) is 1.80. The van der Waals surface area contributed by atoms with E-state index in [1.807, 2.05) is 32.2 Å². The van der Waals surface area contributed by atoms with Gasteiger partial charge in [-0.05, 0) is 36.5 Å². The van der Waals surface area contributed by atoms with Crippen molar-refractivity contribution in [1.29, 1.82) is 0 Å². The molecule has 8 nitrogen and oxygen atoms in total. The Morgan fingerprint density at radius 1 is 1.14 bits per heavy atom. The summed E-state index contributed by atoms with van der Waals surface area (Å²) in [6.45, 7) is 3.62. The number of ether oxygens (including phenoxy) is 1. The zero-order chi connectivity index (χ0) is 21.4. The molecule has 0 radical (unpaired) electrons. The lowest BCUT2D eigenvalue weighted by molar-refractivity contribution is -0.145. The second-order valence-corrected chi connectivity index (χ2v) is 7.79. The molecule has 9 heteroatoms. The number of hydrogen-bond acceptors (Lipinski definition) is 7. The third-order valence-electron chi connectivity index (χ3n) is 4.33. The van der Waals surface area contributed by atoms with Gasteiger partial charge in [-0.25, -0.2) is 9.78 Å². The molecule has 0 fully saturated rings. The van der Waals surface area contributed by atoms with Crippen LogP contribution in [0.15, 0.2) is 30.5 Å². The number of rotatable bonds is 9. The molecule has 2 aromatic rings. The van der Waals surface area contributed by atoms with Crippen LogP contribution in [0, 0.1) is 5.92 Å². The maximum atomic E-state index is 12.8. The van der Waals surface area contributed by atoms with Gasteiger partial charge in [0.2, 0.25) is 5.91 Å². The minimum Gasteiger partial charge on any atom is -0.467 e. The molecule has 2 N–H and O–H groups in total. The van der Waals surface area contributed by atoms with E-state index in [4.69, 9.17) is 4.74 Å². The van der Waals surface area contributed by atoms with Gasteiger partial charge in [-0.15, -0.1) is 0 Å². The first-order chi connectivity index (χ1) is 13.9. The van der Waals surface area contributed by atoms with E-state index in [0.29, 0.717) is 23.2 Å². The van der Waals surface area contributed by atoms with Crippen molar-refractivity contribution in [3.8, 4) is 0 Å². The number of para-hydroxylation sites is 2. The number of amides is 2. The zero-order valence-corrected chi connectivity index (χ0v) is 17.8. The summed E-state index contributed by atoms with van der Waals surface area (Å²) in [5.41, 5.74) is 1.39. The van der Waals surface area contributed by atoms with Crippen LogP contribution in [0.2, 0.25) is 0 Å². The van der Waals surface area contributed by atoms with E-state index in [0.717, 1.165) is 0 Å². The summed E-state index contributed by atoms with van der Waals surface area (Å²) in [6, 6.07) is 5.61. The van der Waals surface area contributed by atoms with Crippen LogP contribution in [0.5, 0.6) is 0 Å². The molecule has 1 aromatic heterocycles. The van der Waals surface area contributed by atoms with Crippen molar-refractivity contribution in [2.45, 2.75) is 32.4 Å². The lowest BCUT2D eigenvalue weighted by Crippen LogP contribution is -2.54. The molecule has 2 amide bonds. The van der Waals surface area contributed by atoms with Crippen molar-refractivity contribution in [2.24, 2.45) is 5.92 Å². The minimum absolute atomic E-state index is 0.119. The molecule has 2 rings (SSSR count). The molecular weight excluding hydrogens is 392 g/mol. The van der Waals surface area contributed by atoms with E-state index in [1.54, 1.807) is 23.9 Å². The van der Waals surface area contributed by atoms with Crippen molar-refractivity contribution >= 4 is 40.6 Å². The molecule has 0 aliphatic heterocycles. The SMILES string of the molecule is COC(=O)[C@@H](CCSC)NC(=O)[C@@H](NC(=O)c1cnc2ccccc2n1)C(C)C. The standard InChI is InChI=1S/C20H26N4O4S/c1-12(2)17(19(26)23-15(9-10-29-4)20(27)28-3)24-18(25)16-11-21-13-7-5-6-8-14(13)22-16/h5-8,11-12,15,17H,9-10H2,1-4H3,(H,23,26)(H,24,25)/t15-,17+/m1/s1. The fraction of sp³-hybridized carbons (Fsp3) is 0.450. The van der Waals surface area contributed by atoms with Crippen LogP contribution < -0.4 is 10.6 Å². The molecule has 0 aliphatic rings. The Hall–Kier alpha value is -2.68. The van der Waals surface area contributed by atoms with Gasteiger partial charge in [0.05, 0.1) is 24.3 Å². The van der Waals surface area contributed by atoms with E-state index in [9.17, 15) is 14.4 Å². The molecule has 1 aromatic carbocycles. The second kappa shape index (κ2) is 10.8. The van der Waals surface area contributed by atoms with Gasteiger partial charge in [0, 0.05) is 0 Å². The summed E-state index contributed by atoms with van der Waals surface area (Å²) >= 11 is 1.56. The lowest BCUT2D eigenvalue weighted by Gasteiger charge is -2.24. The van der Waals surface area contributed by atoms with Crippen molar-refractivity contribution in [2.75, 3.05) is 19.1 Å². The Morgan fingerprint density at radius 3 is 2.45 bits per heavy atom. The van der Waals surface area contributed by atoms with Crippen molar-refractivity contribution in [1.82, 2.24) is 20.6 Å². The molecular formula is C20H26N4O4S. The number of aromatic nitrogens is 2. The monoisotopic (exact) mass is 418 g/mol. The average Bonchev–Trinajstić information content (AvgIpc) is 2.73.